The third-order valence-electron chi connectivity index (χ3n) is 4.01. The van der Waals surface area contributed by atoms with E-state index in [1.807, 2.05) is 25.7 Å². The zero-order valence-corrected chi connectivity index (χ0v) is 15.5. The number of hydrogen-bond donors (Lipinski definition) is 2. The molecule has 1 aliphatic rings. The van der Waals surface area contributed by atoms with Gasteiger partial charge in [0.05, 0.1) is 6.54 Å². The van der Waals surface area contributed by atoms with E-state index in [0.29, 0.717) is 6.54 Å². The molecule has 24 heavy (non-hydrogen) atoms. The molecule has 0 saturated carbocycles. The lowest BCUT2D eigenvalue weighted by Crippen LogP contribution is -2.53. The van der Waals surface area contributed by atoms with Crippen molar-refractivity contribution in [2.45, 2.75) is 58.6 Å². The summed E-state index contributed by atoms with van der Waals surface area (Å²) >= 11 is 0. The van der Waals surface area contributed by atoms with Crippen molar-refractivity contribution in [3.05, 3.63) is 0 Å². The molecule has 1 fully saturated rings. The molecule has 7 nitrogen and oxygen atoms in total. The molecule has 1 rings (SSSR count). The van der Waals surface area contributed by atoms with E-state index in [9.17, 15) is 9.59 Å². The van der Waals surface area contributed by atoms with Crippen LogP contribution in [-0.2, 0) is 9.53 Å². The van der Waals surface area contributed by atoms with Gasteiger partial charge >= 0.3 is 12.1 Å². The Labute approximate surface area is 145 Å². The standard InChI is InChI=1S/C17H33N3O4/c1-14-12-19(10-11-20(14)13-15(21)22)9-7-5-6-8-18-16(23)24-17(2,3)4/h14H,5-13H2,1-4H3,(H,18,23)(H,21,22)/t14-/m0/s1. The summed E-state index contributed by atoms with van der Waals surface area (Å²) in [7, 11) is 0. The smallest absolute Gasteiger partial charge is 0.407 e. The van der Waals surface area contributed by atoms with Crippen molar-refractivity contribution in [1.29, 1.82) is 0 Å². The average Bonchev–Trinajstić information content (AvgIpc) is 2.43. The number of aliphatic carboxylic acids is 1. The van der Waals surface area contributed by atoms with Gasteiger partial charge < -0.3 is 20.1 Å². The second kappa shape index (κ2) is 9.84. The van der Waals surface area contributed by atoms with Gasteiger partial charge in [-0.2, -0.15) is 0 Å². The second-order valence-corrected chi connectivity index (χ2v) is 7.50. The van der Waals surface area contributed by atoms with Crippen molar-refractivity contribution >= 4 is 12.1 Å². The van der Waals surface area contributed by atoms with Gasteiger partial charge in [0.2, 0.25) is 0 Å². The lowest BCUT2D eigenvalue weighted by molar-refractivity contribution is -0.139. The van der Waals surface area contributed by atoms with Crippen LogP contribution in [0.25, 0.3) is 0 Å². The number of carboxylic acids is 1. The lowest BCUT2D eigenvalue weighted by Gasteiger charge is -2.39. The number of carboxylic acid groups (broad SMARTS) is 1. The van der Waals surface area contributed by atoms with Crippen LogP contribution in [0.3, 0.4) is 0 Å². The first-order chi connectivity index (χ1) is 11.2. The fourth-order valence-electron chi connectivity index (χ4n) is 2.82. The zero-order valence-electron chi connectivity index (χ0n) is 15.5. The Morgan fingerprint density at radius 1 is 1.21 bits per heavy atom. The van der Waals surface area contributed by atoms with Crippen molar-refractivity contribution in [1.82, 2.24) is 15.1 Å². The first-order valence-electron chi connectivity index (χ1n) is 8.82. The molecule has 1 heterocycles. The van der Waals surface area contributed by atoms with E-state index in [4.69, 9.17) is 9.84 Å². The predicted octanol–water partition coefficient (Wildman–Crippen LogP) is 1.77. The van der Waals surface area contributed by atoms with Gasteiger partial charge in [-0.3, -0.25) is 9.69 Å². The van der Waals surface area contributed by atoms with Gasteiger partial charge in [0, 0.05) is 32.2 Å². The monoisotopic (exact) mass is 343 g/mol. The summed E-state index contributed by atoms with van der Waals surface area (Å²) in [5.41, 5.74) is -0.455. The molecule has 0 aromatic heterocycles. The first-order valence-corrected chi connectivity index (χ1v) is 8.82. The summed E-state index contributed by atoms with van der Waals surface area (Å²) in [5.74, 6) is -0.757. The maximum absolute atomic E-state index is 11.5. The molecule has 1 atom stereocenters. The number of nitrogens with zero attached hydrogens (tertiary/aromatic N) is 2. The van der Waals surface area contributed by atoms with Gasteiger partial charge in [-0.25, -0.2) is 4.79 Å². The predicted molar refractivity (Wildman–Crippen MR) is 93.2 cm³/mol. The minimum atomic E-state index is -0.757. The second-order valence-electron chi connectivity index (χ2n) is 7.50. The van der Waals surface area contributed by atoms with Crippen LogP contribution in [0.1, 0.15) is 47.0 Å². The fourth-order valence-corrected chi connectivity index (χ4v) is 2.82. The Kier molecular flexibility index (Phi) is 8.48. The number of hydrogen-bond acceptors (Lipinski definition) is 5. The van der Waals surface area contributed by atoms with Crippen LogP contribution in [0.15, 0.2) is 0 Å². The molecule has 1 saturated heterocycles. The Morgan fingerprint density at radius 3 is 2.50 bits per heavy atom. The quantitative estimate of drug-likeness (QED) is 0.654. The van der Waals surface area contributed by atoms with Crippen LogP contribution in [0, 0.1) is 0 Å². The van der Waals surface area contributed by atoms with E-state index in [0.717, 1.165) is 45.4 Å². The van der Waals surface area contributed by atoms with Gasteiger partial charge in [-0.1, -0.05) is 6.42 Å². The van der Waals surface area contributed by atoms with E-state index >= 15 is 0 Å². The highest BCUT2D eigenvalue weighted by Crippen LogP contribution is 2.10. The van der Waals surface area contributed by atoms with Crippen LogP contribution in [0.4, 0.5) is 4.79 Å². The van der Waals surface area contributed by atoms with E-state index in [1.54, 1.807) is 0 Å². The molecule has 0 unspecified atom stereocenters. The Bertz CT molecular complexity index is 409. The summed E-state index contributed by atoms with van der Waals surface area (Å²) < 4.78 is 5.18. The van der Waals surface area contributed by atoms with E-state index in [2.05, 4.69) is 17.1 Å². The highest BCUT2D eigenvalue weighted by Gasteiger charge is 2.24. The normalized spacial score (nSPS) is 19.9. The summed E-state index contributed by atoms with van der Waals surface area (Å²) in [5, 5.41) is 11.7. The van der Waals surface area contributed by atoms with Crippen molar-refractivity contribution in [3.63, 3.8) is 0 Å². The minimum absolute atomic E-state index is 0.130. The zero-order chi connectivity index (χ0) is 18.2. The lowest BCUT2D eigenvalue weighted by atomic mass is 10.1. The molecule has 2 N–H and O–H groups in total. The van der Waals surface area contributed by atoms with Crippen LogP contribution in [0.2, 0.25) is 0 Å². The summed E-state index contributed by atoms with van der Waals surface area (Å²) in [4.78, 5) is 26.7. The molecule has 0 aromatic rings. The van der Waals surface area contributed by atoms with Crippen molar-refractivity contribution in [2.75, 3.05) is 39.3 Å². The highest BCUT2D eigenvalue weighted by molar-refractivity contribution is 5.69. The molecule has 140 valence electrons. The average molecular weight is 343 g/mol. The number of nitrogens with one attached hydrogen (secondary N) is 1. The van der Waals surface area contributed by atoms with Crippen molar-refractivity contribution < 1.29 is 19.4 Å². The number of alkyl carbamates (subject to hydrolysis) is 1. The summed E-state index contributed by atoms with van der Waals surface area (Å²) in [6, 6.07) is 0.281. The number of carbonyl (C=O) groups excluding carboxylic acids is 1. The Hall–Kier alpha value is -1.34. The topological polar surface area (TPSA) is 82.1 Å². The molecule has 0 aromatic carbocycles. The molecule has 0 bridgehead atoms. The number of unbranched alkanes of at least 4 members (excludes halogenated alkanes) is 2. The first kappa shape index (κ1) is 20.7. The largest absolute Gasteiger partial charge is 0.480 e. The Morgan fingerprint density at radius 2 is 1.92 bits per heavy atom. The van der Waals surface area contributed by atoms with Gasteiger partial charge in [0.15, 0.2) is 0 Å². The van der Waals surface area contributed by atoms with Crippen LogP contribution >= 0.6 is 0 Å². The molecule has 0 aliphatic carbocycles. The molecule has 7 heteroatoms. The van der Waals surface area contributed by atoms with Gasteiger partial charge in [-0.05, 0) is 47.1 Å². The number of rotatable bonds is 8. The van der Waals surface area contributed by atoms with Crippen molar-refractivity contribution in [2.24, 2.45) is 0 Å². The molecular weight excluding hydrogens is 310 g/mol. The SMILES string of the molecule is C[C@H]1CN(CCCCCNC(=O)OC(C)(C)C)CCN1CC(=O)O. The van der Waals surface area contributed by atoms with E-state index in [-0.39, 0.29) is 18.7 Å². The molecule has 0 radical (unpaired) electrons. The molecule has 1 aliphatic heterocycles. The van der Waals surface area contributed by atoms with Crippen LogP contribution in [-0.4, -0.2) is 77.9 Å². The molecule has 0 spiro atoms. The third kappa shape index (κ3) is 9.08. The fraction of sp³-hybridized carbons (Fsp3) is 0.882. The molecular formula is C17H33N3O4. The van der Waals surface area contributed by atoms with Crippen molar-refractivity contribution in [3.8, 4) is 0 Å². The minimum Gasteiger partial charge on any atom is -0.480 e. The van der Waals surface area contributed by atoms with E-state index < -0.39 is 11.6 Å². The number of piperazine rings is 1. The van der Waals surface area contributed by atoms with Gasteiger partial charge in [0.25, 0.3) is 0 Å². The van der Waals surface area contributed by atoms with Gasteiger partial charge in [-0.15, -0.1) is 0 Å². The maximum atomic E-state index is 11.5. The number of amides is 1. The molecule has 1 amide bonds. The van der Waals surface area contributed by atoms with E-state index in [1.165, 1.54) is 0 Å². The highest BCUT2D eigenvalue weighted by atomic mass is 16.6. The Balaban J connectivity index is 2.06. The van der Waals surface area contributed by atoms with Gasteiger partial charge in [0.1, 0.15) is 5.60 Å². The van der Waals surface area contributed by atoms with Crippen LogP contribution in [0.5, 0.6) is 0 Å². The summed E-state index contributed by atoms with van der Waals surface area (Å²) in [6.45, 7) is 12.1. The third-order valence-corrected chi connectivity index (χ3v) is 4.01. The summed E-state index contributed by atoms with van der Waals surface area (Å²) in [6.07, 6.45) is 2.72. The number of ether oxygens (including phenoxy) is 1. The van der Waals surface area contributed by atoms with Crippen LogP contribution < -0.4 is 5.32 Å². The maximum Gasteiger partial charge on any atom is 0.407 e. The number of carbonyl (C=O) groups is 2.